The summed E-state index contributed by atoms with van der Waals surface area (Å²) in [6.07, 6.45) is 4.63. The van der Waals surface area contributed by atoms with E-state index < -0.39 is 6.04 Å². The van der Waals surface area contributed by atoms with Crippen LogP contribution in [0.4, 0.5) is 10.5 Å². The third-order valence-corrected chi connectivity index (χ3v) is 4.38. The quantitative estimate of drug-likeness (QED) is 0.613. The highest BCUT2D eigenvalue weighted by Crippen LogP contribution is 2.26. The standard InChI is InChI=1S/C15H13Br2N7O/c1-9(13-20-8-21-24(13)14-18-5-2-6-19-14)22-15(25)23-12-4-3-10(16)7-11(12)17/h2-9H,1H3,(H2,22,23,25)/t9-/m0/s1. The summed E-state index contributed by atoms with van der Waals surface area (Å²) in [4.78, 5) is 24.7. The van der Waals surface area contributed by atoms with E-state index in [1.54, 1.807) is 31.5 Å². The lowest BCUT2D eigenvalue weighted by Gasteiger charge is -2.15. The van der Waals surface area contributed by atoms with Crippen LogP contribution in [0.2, 0.25) is 0 Å². The highest BCUT2D eigenvalue weighted by molar-refractivity contribution is 9.11. The van der Waals surface area contributed by atoms with E-state index in [0.29, 0.717) is 17.5 Å². The van der Waals surface area contributed by atoms with Crippen molar-refractivity contribution in [2.75, 3.05) is 5.32 Å². The maximum atomic E-state index is 12.3. The number of hydrogen-bond acceptors (Lipinski definition) is 5. The second-order valence-corrected chi connectivity index (χ2v) is 6.79. The number of urea groups is 1. The van der Waals surface area contributed by atoms with Crippen molar-refractivity contribution >= 4 is 43.6 Å². The first-order valence-corrected chi connectivity index (χ1v) is 8.83. The van der Waals surface area contributed by atoms with Crippen LogP contribution in [-0.4, -0.2) is 30.8 Å². The molecule has 0 bridgehead atoms. The average molecular weight is 467 g/mol. The summed E-state index contributed by atoms with van der Waals surface area (Å²) in [6, 6.07) is 6.43. The van der Waals surface area contributed by atoms with Crippen molar-refractivity contribution in [3.05, 3.63) is 57.8 Å². The van der Waals surface area contributed by atoms with Gasteiger partial charge in [0.25, 0.3) is 5.95 Å². The molecule has 0 spiro atoms. The third kappa shape index (κ3) is 4.20. The van der Waals surface area contributed by atoms with E-state index in [1.807, 2.05) is 12.1 Å². The Hall–Kier alpha value is -2.33. The van der Waals surface area contributed by atoms with Gasteiger partial charge in [0.15, 0.2) is 5.82 Å². The molecule has 1 atom stereocenters. The molecular weight excluding hydrogens is 454 g/mol. The summed E-state index contributed by atoms with van der Waals surface area (Å²) in [5.41, 5.74) is 0.653. The lowest BCUT2D eigenvalue weighted by Crippen LogP contribution is -2.32. The van der Waals surface area contributed by atoms with Crippen LogP contribution in [-0.2, 0) is 0 Å². The van der Waals surface area contributed by atoms with Crippen molar-refractivity contribution in [1.82, 2.24) is 30.0 Å². The summed E-state index contributed by atoms with van der Waals surface area (Å²) in [5, 5.41) is 9.72. The number of rotatable bonds is 4. The molecule has 2 amide bonds. The number of carbonyl (C=O) groups is 1. The molecule has 3 rings (SSSR count). The Kier molecular flexibility index (Phi) is 5.39. The highest BCUT2D eigenvalue weighted by Gasteiger charge is 2.18. The second kappa shape index (κ2) is 7.70. The highest BCUT2D eigenvalue weighted by atomic mass is 79.9. The molecule has 3 aromatic rings. The van der Waals surface area contributed by atoms with Gasteiger partial charge in [-0.3, -0.25) is 0 Å². The number of aromatic nitrogens is 5. The molecule has 0 aliphatic heterocycles. The van der Waals surface area contributed by atoms with E-state index in [0.717, 1.165) is 8.95 Å². The van der Waals surface area contributed by atoms with Gasteiger partial charge in [0.05, 0.1) is 11.7 Å². The van der Waals surface area contributed by atoms with Crippen molar-refractivity contribution < 1.29 is 4.79 Å². The van der Waals surface area contributed by atoms with Crippen molar-refractivity contribution in [3.8, 4) is 5.95 Å². The Morgan fingerprint density at radius 1 is 1.20 bits per heavy atom. The van der Waals surface area contributed by atoms with Gasteiger partial charge < -0.3 is 10.6 Å². The first kappa shape index (κ1) is 17.5. The Balaban J connectivity index is 1.71. The van der Waals surface area contributed by atoms with Crippen molar-refractivity contribution in [2.45, 2.75) is 13.0 Å². The number of hydrogen-bond donors (Lipinski definition) is 2. The fraction of sp³-hybridized carbons (Fsp3) is 0.133. The average Bonchev–Trinajstić information content (AvgIpc) is 3.08. The fourth-order valence-corrected chi connectivity index (χ4v) is 3.26. The predicted octanol–water partition coefficient (Wildman–Crippen LogP) is 3.47. The molecule has 128 valence electrons. The van der Waals surface area contributed by atoms with E-state index in [-0.39, 0.29) is 6.03 Å². The van der Waals surface area contributed by atoms with Gasteiger partial charge in [0.2, 0.25) is 0 Å². The molecule has 2 aromatic heterocycles. The Morgan fingerprint density at radius 2 is 1.96 bits per heavy atom. The van der Waals surface area contributed by atoms with Crippen molar-refractivity contribution in [1.29, 1.82) is 0 Å². The maximum Gasteiger partial charge on any atom is 0.319 e. The number of anilines is 1. The molecule has 0 aliphatic carbocycles. The van der Waals surface area contributed by atoms with Crippen LogP contribution in [0.3, 0.4) is 0 Å². The number of benzene rings is 1. The number of amides is 2. The predicted molar refractivity (Wildman–Crippen MR) is 99.4 cm³/mol. The molecule has 0 fully saturated rings. The van der Waals surface area contributed by atoms with Gasteiger partial charge in [0, 0.05) is 21.3 Å². The molecule has 0 unspecified atom stereocenters. The zero-order valence-electron chi connectivity index (χ0n) is 13.0. The molecule has 10 heteroatoms. The Bertz CT molecular complexity index is 885. The number of halogens is 2. The van der Waals surface area contributed by atoms with Gasteiger partial charge in [-0.2, -0.15) is 9.78 Å². The van der Waals surface area contributed by atoms with Crippen LogP contribution >= 0.6 is 31.9 Å². The molecule has 0 aliphatic rings. The fourth-order valence-electron chi connectivity index (χ4n) is 2.11. The smallest absolute Gasteiger partial charge is 0.319 e. The zero-order valence-corrected chi connectivity index (χ0v) is 16.2. The van der Waals surface area contributed by atoms with E-state index in [1.165, 1.54) is 11.0 Å². The summed E-state index contributed by atoms with van der Waals surface area (Å²) < 4.78 is 3.17. The second-order valence-electron chi connectivity index (χ2n) is 5.02. The van der Waals surface area contributed by atoms with Crippen LogP contribution in [0.5, 0.6) is 0 Å². The van der Waals surface area contributed by atoms with Gasteiger partial charge in [0.1, 0.15) is 6.33 Å². The number of nitrogens with zero attached hydrogens (tertiary/aromatic N) is 5. The first-order chi connectivity index (χ1) is 12.0. The van der Waals surface area contributed by atoms with E-state index in [4.69, 9.17) is 0 Å². The summed E-state index contributed by atoms with van der Waals surface area (Å²) in [5.74, 6) is 0.913. The Labute approximate surface area is 160 Å². The molecular formula is C15H13Br2N7O. The number of carbonyl (C=O) groups excluding carboxylic acids is 1. The van der Waals surface area contributed by atoms with E-state index in [9.17, 15) is 4.79 Å². The SMILES string of the molecule is C[C@H](NC(=O)Nc1ccc(Br)cc1Br)c1ncnn1-c1ncccn1. The van der Waals surface area contributed by atoms with E-state index in [2.05, 4.69) is 62.5 Å². The topological polar surface area (TPSA) is 97.6 Å². The van der Waals surface area contributed by atoms with Crippen LogP contribution in [0, 0.1) is 0 Å². The zero-order chi connectivity index (χ0) is 17.8. The van der Waals surface area contributed by atoms with Crippen molar-refractivity contribution in [3.63, 3.8) is 0 Å². The molecule has 2 heterocycles. The van der Waals surface area contributed by atoms with Gasteiger partial charge in [-0.15, -0.1) is 0 Å². The molecule has 0 radical (unpaired) electrons. The normalized spacial score (nSPS) is 11.8. The molecule has 25 heavy (non-hydrogen) atoms. The number of nitrogens with one attached hydrogen (secondary N) is 2. The lowest BCUT2D eigenvalue weighted by molar-refractivity contribution is 0.248. The molecule has 2 N–H and O–H groups in total. The van der Waals surface area contributed by atoms with Crippen LogP contribution in [0.1, 0.15) is 18.8 Å². The molecule has 0 saturated carbocycles. The van der Waals surface area contributed by atoms with Crippen LogP contribution < -0.4 is 10.6 Å². The minimum atomic E-state index is -0.402. The summed E-state index contributed by atoms with van der Waals surface area (Å²) in [6.45, 7) is 1.81. The lowest BCUT2D eigenvalue weighted by atomic mass is 10.3. The maximum absolute atomic E-state index is 12.3. The first-order valence-electron chi connectivity index (χ1n) is 7.24. The van der Waals surface area contributed by atoms with Gasteiger partial charge in [-0.05, 0) is 47.1 Å². The minimum Gasteiger partial charge on any atom is -0.328 e. The molecule has 8 nitrogen and oxygen atoms in total. The largest absolute Gasteiger partial charge is 0.328 e. The summed E-state index contributed by atoms with van der Waals surface area (Å²) >= 11 is 6.78. The summed E-state index contributed by atoms with van der Waals surface area (Å²) in [7, 11) is 0. The van der Waals surface area contributed by atoms with Crippen molar-refractivity contribution in [2.24, 2.45) is 0 Å². The minimum absolute atomic E-state index is 0.362. The molecule has 1 aromatic carbocycles. The Morgan fingerprint density at radius 3 is 2.68 bits per heavy atom. The van der Waals surface area contributed by atoms with Gasteiger partial charge in [-0.1, -0.05) is 15.9 Å². The van der Waals surface area contributed by atoms with Gasteiger partial charge in [-0.25, -0.2) is 19.7 Å². The van der Waals surface area contributed by atoms with Crippen LogP contribution in [0.15, 0.2) is 51.9 Å². The van der Waals surface area contributed by atoms with E-state index >= 15 is 0 Å². The van der Waals surface area contributed by atoms with Gasteiger partial charge >= 0.3 is 6.03 Å². The molecule has 0 saturated heterocycles. The monoisotopic (exact) mass is 465 g/mol. The third-order valence-electron chi connectivity index (χ3n) is 3.23. The van der Waals surface area contributed by atoms with Crippen LogP contribution in [0.25, 0.3) is 5.95 Å².